The van der Waals surface area contributed by atoms with E-state index in [1.165, 1.54) is 12.0 Å². The lowest BCUT2D eigenvalue weighted by atomic mass is 10.0. The molecule has 15 nitrogen and oxygen atoms in total. The van der Waals surface area contributed by atoms with Crippen LogP contribution in [0.3, 0.4) is 0 Å². The van der Waals surface area contributed by atoms with Crippen molar-refractivity contribution in [2.45, 2.75) is 76.8 Å². The van der Waals surface area contributed by atoms with Crippen LogP contribution in [-0.4, -0.2) is 124 Å². The molecular formula is C30H48N6O9S. The number of carbonyl (C=O) groups excluding carboxylic acids is 3. The van der Waals surface area contributed by atoms with Crippen LogP contribution in [0.5, 0.6) is 5.75 Å². The van der Waals surface area contributed by atoms with E-state index in [2.05, 4.69) is 10.0 Å². The summed E-state index contributed by atoms with van der Waals surface area (Å²) in [5.41, 5.74) is 5.85. The van der Waals surface area contributed by atoms with Crippen LogP contribution in [0.2, 0.25) is 0 Å². The summed E-state index contributed by atoms with van der Waals surface area (Å²) in [6.07, 6.45) is -0.226. The number of methoxy groups -OCH3 is 1. The zero-order valence-electron chi connectivity index (χ0n) is 27.2. The number of hydrogen-bond acceptors (Lipinski definition) is 12. The second-order valence-electron chi connectivity index (χ2n) is 12.3. The minimum Gasteiger partial charge on any atom is -0.490 e. The van der Waals surface area contributed by atoms with Crippen LogP contribution >= 0.6 is 0 Å². The van der Waals surface area contributed by atoms with E-state index >= 15 is 0 Å². The van der Waals surface area contributed by atoms with Gasteiger partial charge in [-0.1, -0.05) is 25.5 Å². The average Bonchev–Trinajstić information content (AvgIpc) is 3.36. The molecule has 258 valence electrons. The molecule has 0 aliphatic carbocycles. The topological polar surface area (TPSA) is 203 Å². The Labute approximate surface area is 271 Å². The summed E-state index contributed by atoms with van der Waals surface area (Å²) in [6.45, 7) is 9.37. The number of rotatable bonds is 16. The Morgan fingerprint density at radius 3 is 2.37 bits per heavy atom. The van der Waals surface area contributed by atoms with Crippen molar-refractivity contribution in [3.05, 3.63) is 29.8 Å². The molecule has 0 saturated carbocycles. The summed E-state index contributed by atoms with van der Waals surface area (Å²) in [7, 11) is -2.47. The largest absolute Gasteiger partial charge is 0.490 e. The van der Waals surface area contributed by atoms with Crippen molar-refractivity contribution < 1.29 is 41.7 Å². The number of piperazine rings is 1. The molecule has 0 spiro atoms. The molecule has 46 heavy (non-hydrogen) atoms. The lowest BCUT2D eigenvalue weighted by Crippen LogP contribution is -2.64. The first-order chi connectivity index (χ1) is 21.6. The molecule has 4 atom stereocenters. The van der Waals surface area contributed by atoms with E-state index in [4.69, 9.17) is 30.1 Å². The van der Waals surface area contributed by atoms with Gasteiger partial charge in [-0.2, -0.15) is 0 Å². The van der Waals surface area contributed by atoms with Gasteiger partial charge in [-0.3, -0.25) is 20.0 Å². The molecule has 2 aliphatic heterocycles. The van der Waals surface area contributed by atoms with E-state index in [0.717, 1.165) is 0 Å². The highest BCUT2D eigenvalue weighted by Gasteiger charge is 2.48. The Kier molecular flexibility index (Phi) is 13.2. The molecule has 2 fully saturated rings. The number of benzene rings is 1. The first-order valence-electron chi connectivity index (χ1n) is 15.4. The van der Waals surface area contributed by atoms with Crippen molar-refractivity contribution >= 4 is 33.9 Å². The van der Waals surface area contributed by atoms with Crippen LogP contribution < -0.4 is 20.5 Å². The Morgan fingerprint density at radius 2 is 1.80 bits per heavy atom. The highest BCUT2D eigenvalue weighted by Crippen LogP contribution is 2.24. The summed E-state index contributed by atoms with van der Waals surface area (Å²) in [5.74, 6) is -1.27. The number of ether oxygens (including phenoxy) is 4. The Balaban J connectivity index is 1.68. The number of carbonyl (C=O) groups is 3. The van der Waals surface area contributed by atoms with Crippen molar-refractivity contribution in [3.63, 3.8) is 0 Å². The van der Waals surface area contributed by atoms with Crippen molar-refractivity contribution in [2.24, 2.45) is 5.73 Å². The molecule has 0 bridgehead atoms. The van der Waals surface area contributed by atoms with Crippen LogP contribution in [0.15, 0.2) is 24.3 Å². The number of esters is 2. The number of cyclic esters (lactones) is 1. The minimum atomic E-state index is -3.67. The zero-order chi connectivity index (χ0) is 34.1. The second-order valence-corrected chi connectivity index (χ2v) is 14.2. The third kappa shape index (κ3) is 10.8. The number of nitrogens with two attached hydrogens (primary N) is 1. The van der Waals surface area contributed by atoms with E-state index in [0.29, 0.717) is 50.3 Å². The standard InChI is InChI=1S/C30H48N6O9S/c1-6-7-16-46(40,41)34-23(27(37)42-5)17-20-8-10-21(11-9-20)43-19-22-18-36(29(39)44-22)25(28(38)45-30(2,3)4)24(26(31)32)35-14-12-33-13-15-35/h8-11,22-25,33-34H,6-7,12-19H2,1-5H3,(H3,31,32). The Morgan fingerprint density at radius 1 is 1.15 bits per heavy atom. The highest BCUT2D eigenvalue weighted by molar-refractivity contribution is 7.89. The monoisotopic (exact) mass is 668 g/mol. The van der Waals surface area contributed by atoms with Gasteiger partial charge >= 0.3 is 18.0 Å². The lowest BCUT2D eigenvalue weighted by Gasteiger charge is -2.40. The maximum atomic E-state index is 13.5. The van der Waals surface area contributed by atoms with Gasteiger partial charge in [0.2, 0.25) is 10.0 Å². The van der Waals surface area contributed by atoms with Gasteiger partial charge in [0.25, 0.3) is 0 Å². The summed E-state index contributed by atoms with van der Waals surface area (Å²) < 4.78 is 49.1. The fourth-order valence-corrected chi connectivity index (χ4v) is 6.64. The number of hydrogen-bond donors (Lipinski definition) is 4. The van der Waals surface area contributed by atoms with Gasteiger partial charge in [-0.25, -0.2) is 22.7 Å². The number of sulfonamides is 1. The molecule has 5 N–H and O–H groups in total. The van der Waals surface area contributed by atoms with Crippen LogP contribution in [0.1, 0.15) is 46.1 Å². The predicted octanol–water partition coefficient (Wildman–Crippen LogP) is 0.610. The molecule has 2 heterocycles. The van der Waals surface area contributed by atoms with E-state index in [-0.39, 0.29) is 31.2 Å². The Bertz CT molecular complexity index is 1310. The smallest absolute Gasteiger partial charge is 0.411 e. The zero-order valence-corrected chi connectivity index (χ0v) is 28.1. The van der Waals surface area contributed by atoms with Gasteiger partial charge in [0, 0.05) is 26.2 Å². The minimum absolute atomic E-state index is 0.00960. The number of unbranched alkanes of at least 4 members (excludes halogenated alkanes) is 1. The molecular weight excluding hydrogens is 620 g/mol. The quantitative estimate of drug-likeness (QED) is 0.0829. The Hall–Kier alpha value is -3.47. The molecule has 1 amide bonds. The summed E-state index contributed by atoms with van der Waals surface area (Å²) in [5, 5.41) is 11.6. The lowest BCUT2D eigenvalue weighted by molar-refractivity contribution is -0.162. The van der Waals surface area contributed by atoms with E-state index in [9.17, 15) is 22.8 Å². The molecule has 2 saturated heterocycles. The molecule has 0 radical (unpaired) electrons. The summed E-state index contributed by atoms with van der Waals surface area (Å²) in [4.78, 5) is 42.1. The van der Waals surface area contributed by atoms with E-state index in [1.807, 2.05) is 11.8 Å². The highest BCUT2D eigenvalue weighted by atomic mass is 32.2. The predicted molar refractivity (Wildman–Crippen MR) is 170 cm³/mol. The number of nitrogens with zero attached hydrogens (tertiary/aromatic N) is 2. The molecule has 16 heteroatoms. The molecule has 0 aromatic heterocycles. The molecule has 2 aliphatic rings. The maximum absolute atomic E-state index is 13.5. The third-order valence-corrected chi connectivity index (χ3v) is 8.89. The van der Waals surface area contributed by atoms with Gasteiger partial charge in [0.15, 0.2) is 12.1 Å². The average molecular weight is 669 g/mol. The molecule has 1 aromatic rings. The van der Waals surface area contributed by atoms with Crippen molar-refractivity contribution in [3.8, 4) is 5.75 Å². The van der Waals surface area contributed by atoms with Crippen molar-refractivity contribution in [1.29, 1.82) is 5.41 Å². The molecule has 1 aromatic carbocycles. The number of amidine groups is 1. The SMILES string of the molecule is CCCCS(=O)(=O)NC(Cc1ccc(OCC2CN(C(C(=O)OC(C)(C)C)C(C(=N)N)N3CCNCC3)C(=O)O2)cc1)C(=O)OC. The van der Waals surface area contributed by atoms with Gasteiger partial charge in [-0.15, -0.1) is 0 Å². The first-order valence-corrected chi connectivity index (χ1v) is 17.1. The molecule has 3 rings (SSSR count). The van der Waals surface area contributed by atoms with Gasteiger partial charge in [-0.05, 0) is 51.3 Å². The normalized spacial score (nSPS) is 19.5. The van der Waals surface area contributed by atoms with Crippen molar-refractivity contribution in [1.82, 2.24) is 19.8 Å². The van der Waals surface area contributed by atoms with Crippen LogP contribution in [0.25, 0.3) is 0 Å². The summed E-state index contributed by atoms with van der Waals surface area (Å²) >= 11 is 0. The molecule has 4 unspecified atom stereocenters. The first kappa shape index (κ1) is 37.0. The fraction of sp³-hybridized carbons (Fsp3) is 0.667. The number of nitrogens with one attached hydrogen (secondary N) is 3. The van der Waals surface area contributed by atoms with Crippen molar-refractivity contribution in [2.75, 3.05) is 52.2 Å². The van der Waals surface area contributed by atoms with Gasteiger partial charge in [0.05, 0.1) is 25.4 Å². The van der Waals surface area contributed by atoms with Crippen LogP contribution in [0, 0.1) is 5.41 Å². The fourth-order valence-electron chi connectivity index (χ4n) is 5.24. The van der Waals surface area contributed by atoms with Gasteiger partial charge < -0.3 is 30.0 Å². The van der Waals surface area contributed by atoms with Crippen LogP contribution in [0.4, 0.5) is 4.79 Å². The maximum Gasteiger partial charge on any atom is 0.411 e. The summed E-state index contributed by atoms with van der Waals surface area (Å²) in [6, 6.07) is 3.52. The van der Waals surface area contributed by atoms with E-state index in [1.54, 1.807) is 45.0 Å². The second kappa shape index (κ2) is 16.4. The van der Waals surface area contributed by atoms with Gasteiger partial charge in [0.1, 0.15) is 29.8 Å². The third-order valence-electron chi connectivity index (χ3n) is 7.42. The van der Waals surface area contributed by atoms with Crippen LogP contribution in [-0.2, 0) is 40.2 Å². The number of amides is 1. The van der Waals surface area contributed by atoms with E-state index < -0.39 is 57.9 Å².